The van der Waals surface area contributed by atoms with Crippen LogP contribution in [0.4, 0.5) is 5.95 Å². The second-order valence-corrected chi connectivity index (χ2v) is 5.49. The van der Waals surface area contributed by atoms with Crippen LogP contribution in [0, 0.1) is 0 Å². The zero-order valence-corrected chi connectivity index (χ0v) is 11.8. The van der Waals surface area contributed by atoms with Crippen molar-refractivity contribution in [3.05, 3.63) is 58.9 Å². The zero-order chi connectivity index (χ0) is 13.9. The Morgan fingerprint density at radius 3 is 2.85 bits per heavy atom. The van der Waals surface area contributed by atoms with Gasteiger partial charge in [-0.2, -0.15) is 0 Å². The molecule has 4 heteroatoms. The summed E-state index contributed by atoms with van der Waals surface area (Å²) in [6.45, 7) is 0. The van der Waals surface area contributed by atoms with E-state index in [0.717, 1.165) is 30.0 Å². The summed E-state index contributed by atoms with van der Waals surface area (Å²) in [5.74, 6) is 0.787. The fourth-order valence-electron chi connectivity index (χ4n) is 2.67. The first kappa shape index (κ1) is 13.1. The lowest BCUT2D eigenvalue weighted by Gasteiger charge is -2.21. The van der Waals surface area contributed by atoms with E-state index < -0.39 is 0 Å². The van der Waals surface area contributed by atoms with Gasteiger partial charge in [-0.15, -0.1) is 0 Å². The van der Waals surface area contributed by atoms with Gasteiger partial charge in [-0.3, -0.25) is 0 Å². The molecule has 1 aliphatic carbocycles. The van der Waals surface area contributed by atoms with Crippen LogP contribution in [0.5, 0.6) is 0 Å². The van der Waals surface area contributed by atoms with Gasteiger partial charge in [0.1, 0.15) is 0 Å². The second kappa shape index (κ2) is 5.63. The highest BCUT2D eigenvalue weighted by atomic mass is 35.5. The molecule has 0 saturated carbocycles. The summed E-state index contributed by atoms with van der Waals surface area (Å²) >= 11 is 6.05. The molecule has 3 rings (SSSR count). The highest BCUT2D eigenvalue weighted by molar-refractivity contribution is 6.30. The third-order valence-corrected chi connectivity index (χ3v) is 3.96. The topological polar surface area (TPSA) is 51.8 Å². The number of hydrogen-bond acceptors (Lipinski definition) is 3. The Labute approximate surface area is 123 Å². The molecule has 0 saturated heterocycles. The van der Waals surface area contributed by atoms with E-state index in [1.165, 1.54) is 11.1 Å². The molecule has 20 heavy (non-hydrogen) atoms. The van der Waals surface area contributed by atoms with Crippen molar-refractivity contribution in [3.63, 3.8) is 0 Å². The summed E-state index contributed by atoms with van der Waals surface area (Å²) in [5.41, 5.74) is 9.28. The predicted octanol–water partition coefficient (Wildman–Crippen LogP) is 4.06. The number of halogens is 1. The number of nitrogens with two attached hydrogens (primary N) is 1. The van der Waals surface area contributed by atoms with Crippen molar-refractivity contribution in [2.45, 2.75) is 25.2 Å². The number of allylic oxidation sites excluding steroid dienone is 2. The summed E-state index contributed by atoms with van der Waals surface area (Å²) < 4.78 is 0. The maximum Gasteiger partial charge on any atom is 0.220 e. The van der Waals surface area contributed by atoms with Crippen LogP contribution in [0.25, 0.3) is 5.57 Å². The molecule has 1 atom stereocenters. The van der Waals surface area contributed by atoms with E-state index in [0.29, 0.717) is 11.9 Å². The molecule has 1 aromatic carbocycles. The van der Waals surface area contributed by atoms with Gasteiger partial charge < -0.3 is 5.73 Å². The van der Waals surface area contributed by atoms with E-state index in [-0.39, 0.29) is 0 Å². The largest absolute Gasteiger partial charge is 0.368 e. The third kappa shape index (κ3) is 2.83. The SMILES string of the molecule is Nc1nccc(C2CC=C(c3cccc(Cl)c3)CC2)n1. The molecule has 3 nitrogen and oxygen atoms in total. The van der Waals surface area contributed by atoms with Crippen molar-refractivity contribution in [3.8, 4) is 0 Å². The number of hydrogen-bond donors (Lipinski definition) is 1. The van der Waals surface area contributed by atoms with Crippen LogP contribution in [0.15, 0.2) is 42.6 Å². The van der Waals surface area contributed by atoms with Gasteiger partial charge >= 0.3 is 0 Å². The molecule has 1 aliphatic rings. The van der Waals surface area contributed by atoms with Crippen LogP contribution in [-0.2, 0) is 0 Å². The summed E-state index contributed by atoms with van der Waals surface area (Å²) in [6, 6.07) is 9.99. The minimum absolute atomic E-state index is 0.354. The van der Waals surface area contributed by atoms with Crippen LogP contribution in [0.1, 0.15) is 36.4 Å². The van der Waals surface area contributed by atoms with Crippen molar-refractivity contribution in [2.75, 3.05) is 5.73 Å². The molecule has 2 aromatic rings. The lowest BCUT2D eigenvalue weighted by molar-refractivity contribution is 0.608. The lowest BCUT2D eigenvalue weighted by atomic mass is 9.85. The van der Waals surface area contributed by atoms with Crippen LogP contribution in [0.3, 0.4) is 0 Å². The van der Waals surface area contributed by atoms with Gasteiger partial charge in [0, 0.05) is 22.8 Å². The summed E-state index contributed by atoms with van der Waals surface area (Å²) in [5, 5.41) is 0.786. The Balaban J connectivity index is 1.78. The van der Waals surface area contributed by atoms with Gasteiger partial charge in [0.05, 0.1) is 0 Å². The maximum absolute atomic E-state index is 6.05. The number of anilines is 1. The molecule has 0 amide bonds. The predicted molar refractivity (Wildman–Crippen MR) is 82.5 cm³/mol. The van der Waals surface area contributed by atoms with E-state index in [1.807, 2.05) is 24.3 Å². The lowest BCUT2D eigenvalue weighted by Crippen LogP contribution is -2.08. The van der Waals surface area contributed by atoms with Crippen molar-refractivity contribution in [1.82, 2.24) is 9.97 Å². The Hall–Kier alpha value is -1.87. The summed E-state index contributed by atoms with van der Waals surface area (Å²) in [6.07, 6.45) is 7.12. The number of rotatable bonds is 2. The number of nitrogen functional groups attached to an aromatic ring is 1. The molecule has 2 N–H and O–H groups in total. The van der Waals surface area contributed by atoms with Crippen LogP contribution in [-0.4, -0.2) is 9.97 Å². The van der Waals surface area contributed by atoms with Crippen LogP contribution < -0.4 is 5.73 Å². The molecule has 0 aliphatic heterocycles. The second-order valence-electron chi connectivity index (χ2n) is 5.05. The van der Waals surface area contributed by atoms with Gasteiger partial charge in [0.15, 0.2) is 0 Å². The Morgan fingerprint density at radius 1 is 1.25 bits per heavy atom. The molecule has 0 radical (unpaired) electrons. The highest BCUT2D eigenvalue weighted by Crippen LogP contribution is 2.35. The van der Waals surface area contributed by atoms with Crippen molar-refractivity contribution in [2.24, 2.45) is 0 Å². The number of nitrogens with zero attached hydrogens (tertiary/aromatic N) is 2. The normalized spacial score (nSPS) is 18.6. The van der Waals surface area contributed by atoms with Crippen molar-refractivity contribution >= 4 is 23.1 Å². The molecule has 102 valence electrons. The fraction of sp³-hybridized carbons (Fsp3) is 0.250. The van der Waals surface area contributed by atoms with Gasteiger partial charge in [0.2, 0.25) is 5.95 Å². The van der Waals surface area contributed by atoms with Gasteiger partial charge in [-0.05, 0) is 48.6 Å². The molecule has 0 fully saturated rings. The number of benzene rings is 1. The first-order chi connectivity index (χ1) is 9.72. The quantitative estimate of drug-likeness (QED) is 0.905. The average Bonchev–Trinajstić information content (AvgIpc) is 2.47. The standard InChI is InChI=1S/C16H16ClN3/c17-14-3-1-2-13(10-14)11-4-6-12(7-5-11)15-8-9-19-16(18)20-15/h1-4,8-10,12H,5-7H2,(H2,18,19,20). The van der Waals surface area contributed by atoms with Gasteiger partial charge in [-0.1, -0.05) is 29.8 Å². The minimum atomic E-state index is 0.354. The zero-order valence-electron chi connectivity index (χ0n) is 11.1. The van der Waals surface area contributed by atoms with Crippen LogP contribution in [0.2, 0.25) is 5.02 Å². The summed E-state index contributed by atoms with van der Waals surface area (Å²) in [7, 11) is 0. The highest BCUT2D eigenvalue weighted by Gasteiger charge is 2.18. The van der Waals surface area contributed by atoms with E-state index in [9.17, 15) is 0 Å². The van der Waals surface area contributed by atoms with Crippen LogP contribution >= 0.6 is 11.6 Å². The van der Waals surface area contributed by atoms with Gasteiger partial charge in [0.25, 0.3) is 0 Å². The van der Waals surface area contributed by atoms with Crippen molar-refractivity contribution in [1.29, 1.82) is 0 Å². The molecule has 1 heterocycles. The fourth-order valence-corrected chi connectivity index (χ4v) is 2.86. The Morgan fingerprint density at radius 2 is 2.15 bits per heavy atom. The monoisotopic (exact) mass is 285 g/mol. The Bertz CT molecular complexity index is 652. The molecule has 0 bridgehead atoms. The third-order valence-electron chi connectivity index (χ3n) is 3.72. The first-order valence-electron chi connectivity index (χ1n) is 6.76. The van der Waals surface area contributed by atoms with E-state index >= 15 is 0 Å². The average molecular weight is 286 g/mol. The summed E-state index contributed by atoms with van der Waals surface area (Å²) in [4.78, 5) is 8.27. The molecule has 1 unspecified atom stereocenters. The molecule has 0 spiro atoms. The van der Waals surface area contributed by atoms with Gasteiger partial charge in [-0.25, -0.2) is 9.97 Å². The maximum atomic E-state index is 6.05. The minimum Gasteiger partial charge on any atom is -0.368 e. The number of aromatic nitrogens is 2. The molecular formula is C16H16ClN3. The molecular weight excluding hydrogens is 270 g/mol. The van der Waals surface area contributed by atoms with E-state index in [2.05, 4.69) is 22.1 Å². The Kier molecular flexibility index (Phi) is 3.70. The van der Waals surface area contributed by atoms with E-state index in [1.54, 1.807) is 6.20 Å². The first-order valence-corrected chi connectivity index (χ1v) is 7.13. The molecule has 1 aromatic heterocycles. The van der Waals surface area contributed by atoms with E-state index in [4.69, 9.17) is 17.3 Å². The smallest absolute Gasteiger partial charge is 0.220 e. The van der Waals surface area contributed by atoms with Crippen molar-refractivity contribution < 1.29 is 0 Å².